The molecular formula is C18H30N4O2. The fourth-order valence-corrected chi connectivity index (χ4v) is 2.03. The van der Waals surface area contributed by atoms with E-state index in [0.717, 1.165) is 0 Å². The SMILES string of the molecule is COCCNC(=NCC(=O)N(C)C)NCC(C)(C)c1ccccc1. The number of benzene rings is 1. The van der Waals surface area contributed by atoms with Crippen molar-refractivity contribution >= 4 is 11.9 Å². The molecule has 1 rings (SSSR count). The number of nitrogens with zero attached hydrogens (tertiary/aromatic N) is 2. The molecule has 24 heavy (non-hydrogen) atoms. The van der Waals surface area contributed by atoms with Crippen LogP contribution in [0.3, 0.4) is 0 Å². The van der Waals surface area contributed by atoms with Crippen molar-refractivity contribution in [3.8, 4) is 0 Å². The van der Waals surface area contributed by atoms with E-state index in [1.807, 2.05) is 18.2 Å². The average Bonchev–Trinajstić information content (AvgIpc) is 2.57. The molecule has 0 fully saturated rings. The Labute approximate surface area is 145 Å². The van der Waals surface area contributed by atoms with Crippen molar-refractivity contribution in [2.75, 3.05) is 47.4 Å². The lowest BCUT2D eigenvalue weighted by atomic mass is 9.85. The van der Waals surface area contributed by atoms with Gasteiger partial charge in [-0.3, -0.25) is 4.79 Å². The topological polar surface area (TPSA) is 66.0 Å². The van der Waals surface area contributed by atoms with Gasteiger partial charge in [-0.05, 0) is 5.56 Å². The Balaban J connectivity index is 2.69. The Kier molecular flexibility index (Phi) is 8.26. The Bertz CT molecular complexity index is 527. The van der Waals surface area contributed by atoms with E-state index in [2.05, 4.69) is 41.6 Å². The summed E-state index contributed by atoms with van der Waals surface area (Å²) in [7, 11) is 5.10. The van der Waals surface area contributed by atoms with Gasteiger partial charge in [0, 0.05) is 39.7 Å². The molecule has 1 aromatic rings. The van der Waals surface area contributed by atoms with Gasteiger partial charge in [-0.2, -0.15) is 0 Å². The van der Waals surface area contributed by atoms with E-state index in [9.17, 15) is 4.79 Å². The minimum atomic E-state index is -0.0590. The molecule has 6 nitrogen and oxygen atoms in total. The first-order valence-electron chi connectivity index (χ1n) is 8.13. The molecule has 134 valence electrons. The molecule has 0 aliphatic carbocycles. The third-order valence-electron chi connectivity index (χ3n) is 3.72. The van der Waals surface area contributed by atoms with Crippen LogP contribution in [0.15, 0.2) is 35.3 Å². The Morgan fingerprint density at radius 3 is 2.46 bits per heavy atom. The molecular weight excluding hydrogens is 304 g/mol. The van der Waals surface area contributed by atoms with Crippen LogP contribution in [0.25, 0.3) is 0 Å². The first-order valence-corrected chi connectivity index (χ1v) is 8.13. The minimum Gasteiger partial charge on any atom is -0.383 e. The molecule has 0 heterocycles. The standard InChI is InChI=1S/C18H30N4O2/c1-18(2,15-9-7-6-8-10-15)14-21-17(19-11-12-24-5)20-13-16(23)22(3)4/h6-10H,11-14H2,1-5H3,(H2,19,20,21). The second kappa shape index (κ2) is 9.93. The molecule has 2 N–H and O–H groups in total. The fraction of sp³-hybridized carbons (Fsp3) is 0.556. The molecule has 1 aromatic carbocycles. The summed E-state index contributed by atoms with van der Waals surface area (Å²) in [6.07, 6.45) is 0. The average molecular weight is 334 g/mol. The lowest BCUT2D eigenvalue weighted by molar-refractivity contribution is -0.127. The summed E-state index contributed by atoms with van der Waals surface area (Å²) in [5, 5.41) is 6.51. The Morgan fingerprint density at radius 1 is 1.21 bits per heavy atom. The highest BCUT2D eigenvalue weighted by molar-refractivity contribution is 5.84. The summed E-state index contributed by atoms with van der Waals surface area (Å²) in [6.45, 7) is 6.36. The van der Waals surface area contributed by atoms with Gasteiger partial charge in [0.2, 0.25) is 5.91 Å². The highest BCUT2D eigenvalue weighted by atomic mass is 16.5. The van der Waals surface area contributed by atoms with Gasteiger partial charge >= 0.3 is 0 Å². The first kappa shape index (κ1) is 20.0. The van der Waals surface area contributed by atoms with Crippen LogP contribution in [0.1, 0.15) is 19.4 Å². The van der Waals surface area contributed by atoms with Crippen molar-refractivity contribution < 1.29 is 9.53 Å². The second-order valence-corrected chi connectivity index (χ2v) is 6.48. The maximum Gasteiger partial charge on any atom is 0.243 e. The number of amides is 1. The largest absolute Gasteiger partial charge is 0.383 e. The van der Waals surface area contributed by atoms with E-state index in [1.54, 1.807) is 21.2 Å². The summed E-state index contributed by atoms with van der Waals surface area (Å²) in [5.74, 6) is 0.580. The number of aliphatic imine (C=N–C) groups is 1. The van der Waals surface area contributed by atoms with Gasteiger partial charge in [0.05, 0.1) is 6.61 Å². The van der Waals surface area contributed by atoms with Crippen LogP contribution in [-0.4, -0.2) is 64.2 Å². The second-order valence-electron chi connectivity index (χ2n) is 6.48. The lowest BCUT2D eigenvalue weighted by Gasteiger charge is -2.27. The number of methoxy groups -OCH3 is 1. The zero-order valence-electron chi connectivity index (χ0n) is 15.4. The molecule has 6 heteroatoms. The van der Waals surface area contributed by atoms with E-state index in [-0.39, 0.29) is 17.9 Å². The summed E-state index contributed by atoms with van der Waals surface area (Å²) in [6, 6.07) is 10.3. The van der Waals surface area contributed by atoms with E-state index >= 15 is 0 Å². The molecule has 0 aromatic heterocycles. The maximum absolute atomic E-state index is 11.7. The van der Waals surface area contributed by atoms with Crippen molar-refractivity contribution in [1.82, 2.24) is 15.5 Å². The number of ether oxygens (including phenoxy) is 1. The van der Waals surface area contributed by atoms with Crippen molar-refractivity contribution in [3.63, 3.8) is 0 Å². The van der Waals surface area contributed by atoms with Gasteiger partial charge < -0.3 is 20.3 Å². The van der Waals surface area contributed by atoms with Gasteiger partial charge in [0.15, 0.2) is 5.96 Å². The van der Waals surface area contributed by atoms with Crippen molar-refractivity contribution in [3.05, 3.63) is 35.9 Å². The quantitative estimate of drug-likeness (QED) is 0.426. The molecule has 1 amide bonds. The first-order chi connectivity index (χ1) is 11.4. The predicted molar refractivity (Wildman–Crippen MR) is 98.3 cm³/mol. The van der Waals surface area contributed by atoms with Crippen LogP contribution in [-0.2, 0) is 14.9 Å². The summed E-state index contributed by atoms with van der Waals surface area (Å²) in [4.78, 5) is 17.6. The number of rotatable bonds is 8. The van der Waals surface area contributed by atoms with Crippen molar-refractivity contribution in [2.24, 2.45) is 4.99 Å². The molecule has 0 saturated heterocycles. The monoisotopic (exact) mass is 334 g/mol. The van der Waals surface area contributed by atoms with Gasteiger partial charge in [-0.1, -0.05) is 44.2 Å². The number of nitrogens with one attached hydrogen (secondary N) is 2. The zero-order valence-corrected chi connectivity index (χ0v) is 15.4. The minimum absolute atomic E-state index is 0.0369. The summed E-state index contributed by atoms with van der Waals surface area (Å²) < 4.78 is 5.05. The normalized spacial score (nSPS) is 12.0. The molecule has 0 radical (unpaired) electrons. The van der Waals surface area contributed by atoms with E-state index in [4.69, 9.17) is 4.74 Å². The zero-order chi connectivity index (χ0) is 18.0. The van der Waals surface area contributed by atoms with Crippen LogP contribution in [0.5, 0.6) is 0 Å². The molecule has 0 aliphatic heterocycles. The number of carbonyl (C=O) groups is 1. The van der Waals surface area contributed by atoms with Gasteiger partial charge in [-0.15, -0.1) is 0 Å². The highest BCUT2D eigenvalue weighted by Crippen LogP contribution is 2.21. The van der Waals surface area contributed by atoms with Crippen LogP contribution in [0.4, 0.5) is 0 Å². The Hall–Kier alpha value is -2.08. The van der Waals surface area contributed by atoms with Crippen LogP contribution >= 0.6 is 0 Å². The number of likely N-dealkylation sites (N-methyl/N-ethyl adjacent to an activating group) is 1. The molecule has 0 atom stereocenters. The van der Waals surface area contributed by atoms with Crippen molar-refractivity contribution in [2.45, 2.75) is 19.3 Å². The van der Waals surface area contributed by atoms with Crippen molar-refractivity contribution in [1.29, 1.82) is 0 Å². The third kappa shape index (κ3) is 7.00. The van der Waals surface area contributed by atoms with Crippen LogP contribution in [0, 0.1) is 0 Å². The molecule has 0 unspecified atom stereocenters. The van der Waals surface area contributed by atoms with Gasteiger partial charge in [-0.25, -0.2) is 4.99 Å². The molecule has 0 bridgehead atoms. The fourth-order valence-electron chi connectivity index (χ4n) is 2.03. The Morgan fingerprint density at radius 2 is 1.88 bits per heavy atom. The number of carbonyl (C=O) groups excluding carboxylic acids is 1. The smallest absolute Gasteiger partial charge is 0.243 e. The van der Waals surface area contributed by atoms with Crippen LogP contribution < -0.4 is 10.6 Å². The third-order valence-corrected chi connectivity index (χ3v) is 3.72. The molecule has 0 aliphatic rings. The highest BCUT2D eigenvalue weighted by Gasteiger charge is 2.20. The van der Waals surface area contributed by atoms with Crippen LogP contribution in [0.2, 0.25) is 0 Å². The molecule has 0 spiro atoms. The van der Waals surface area contributed by atoms with E-state index < -0.39 is 0 Å². The van der Waals surface area contributed by atoms with E-state index in [1.165, 1.54) is 10.5 Å². The predicted octanol–water partition coefficient (Wildman–Crippen LogP) is 1.23. The maximum atomic E-state index is 11.7. The number of hydrogen-bond acceptors (Lipinski definition) is 3. The number of hydrogen-bond donors (Lipinski definition) is 2. The number of guanidine groups is 1. The van der Waals surface area contributed by atoms with Gasteiger partial charge in [0.1, 0.15) is 6.54 Å². The lowest BCUT2D eigenvalue weighted by Crippen LogP contribution is -2.45. The molecule has 0 saturated carbocycles. The van der Waals surface area contributed by atoms with E-state index in [0.29, 0.717) is 25.7 Å². The summed E-state index contributed by atoms with van der Waals surface area (Å²) >= 11 is 0. The van der Waals surface area contributed by atoms with Gasteiger partial charge in [0.25, 0.3) is 0 Å². The summed E-state index contributed by atoms with van der Waals surface area (Å²) in [5.41, 5.74) is 1.19.